The molecule has 2 rings (SSSR count). The fourth-order valence-electron chi connectivity index (χ4n) is 2.49. The number of para-hydroxylation sites is 1. The molecule has 1 aliphatic heterocycles. The van der Waals surface area contributed by atoms with E-state index in [9.17, 15) is 22.8 Å². The molecule has 0 radical (unpaired) electrons. The van der Waals surface area contributed by atoms with E-state index in [2.05, 4.69) is 11.9 Å². The van der Waals surface area contributed by atoms with Crippen LogP contribution in [0.2, 0.25) is 0 Å². The molecule has 0 aromatic heterocycles. The van der Waals surface area contributed by atoms with Gasteiger partial charge in [-0.2, -0.15) is 13.2 Å². The molecule has 5 nitrogen and oxygen atoms in total. The Labute approximate surface area is 137 Å². The monoisotopic (exact) mass is 341 g/mol. The second kappa shape index (κ2) is 7.48. The van der Waals surface area contributed by atoms with Gasteiger partial charge in [-0.3, -0.25) is 14.5 Å². The Morgan fingerprint density at radius 2 is 1.79 bits per heavy atom. The van der Waals surface area contributed by atoms with Crippen molar-refractivity contribution in [2.75, 3.05) is 38.0 Å². The van der Waals surface area contributed by atoms with E-state index in [1.807, 2.05) is 0 Å². The minimum atomic E-state index is -4.53. The number of carbonyl (C=O) groups is 2. The maximum Gasteiger partial charge on any atom is 0.418 e. The third kappa shape index (κ3) is 4.58. The summed E-state index contributed by atoms with van der Waals surface area (Å²) in [5, 5.41) is 2.31. The first-order chi connectivity index (χ1) is 11.3. The van der Waals surface area contributed by atoms with E-state index in [1.54, 1.807) is 9.80 Å². The highest BCUT2D eigenvalue weighted by Gasteiger charge is 2.33. The zero-order valence-corrected chi connectivity index (χ0v) is 13.0. The lowest BCUT2D eigenvalue weighted by atomic mass is 10.1. The summed E-state index contributed by atoms with van der Waals surface area (Å²) in [6.07, 6.45) is -3.29. The van der Waals surface area contributed by atoms with Crippen LogP contribution in [0.5, 0.6) is 0 Å². The van der Waals surface area contributed by atoms with Gasteiger partial charge in [0.2, 0.25) is 11.8 Å². The van der Waals surface area contributed by atoms with Crippen LogP contribution in [0.25, 0.3) is 0 Å². The second-order valence-corrected chi connectivity index (χ2v) is 5.40. The van der Waals surface area contributed by atoms with Crippen LogP contribution in [-0.2, 0) is 15.8 Å². The number of rotatable bonds is 4. The van der Waals surface area contributed by atoms with Crippen molar-refractivity contribution in [2.24, 2.45) is 0 Å². The van der Waals surface area contributed by atoms with Crippen LogP contribution < -0.4 is 5.32 Å². The predicted octanol–water partition coefficient (Wildman–Crippen LogP) is 1.97. The third-order valence-corrected chi connectivity index (χ3v) is 3.73. The molecule has 0 saturated carbocycles. The molecular formula is C16H18F3N3O2. The van der Waals surface area contributed by atoms with Crippen molar-refractivity contribution < 1.29 is 22.8 Å². The molecule has 2 amide bonds. The molecular weight excluding hydrogens is 323 g/mol. The highest BCUT2D eigenvalue weighted by Crippen LogP contribution is 2.34. The van der Waals surface area contributed by atoms with Gasteiger partial charge in [-0.1, -0.05) is 18.7 Å². The molecule has 0 atom stereocenters. The molecule has 1 aromatic rings. The lowest BCUT2D eigenvalue weighted by Crippen LogP contribution is -2.50. The van der Waals surface area contributed by atoms with Crippen molar-refractivity contribution in [3.05, 3.63) is 42.5 Å². The van der Waals surface area contributed by atoms with E-state index < -0.39 is 17.6 Å². The summed E-state index contributed by atoms with van der Waals surface area (Å²) in [5.74, 6) is -0.687. The number of amides is 2. The normalized spacial score (nSPS) is 15.9. The lowest BCUT2D eigenvalue weighted by molar-refractivity contribution is -0.137. The van der Waals surface area contributed by atoms with Gasteiger partial charge >= 0.3 is 6.18 Å². The summed E-state index contributed by atoms with van der Waals surface area (Å²) in [4.78, 5) is 26.9. The van der Waals surface area contributed by atoms with E-state index in [0.717, 1.165) is 6.07 Å². The van der Waals surface area contributed by atoms with Crippen LogP contribution in [-0.4, -0.2) is 54.3 Å². The number of anilines is 1. The van der Waals surface area contributed by atoms with Gasteiger partial charge in [-0.25, -0.2) is 0 Å². The van der Waals surface area contributed by atoms with Crippen molar-refractivity contribution in [3.8, 4) is 0 Å². The zero-order chi connectivity index (χ0) is 17.7. The topological polar surface area (TPSA) is 52.7 Å². The number of hydrogen-bond acceptors (Lipinski definition) is 3. The van der Waals surface area contributed by atoms with Crippen molar-refractivity contribution in [1.29, 1.82) is 0 Å². The number of hydrogen-bond donors (Lipinski definition) is 1. The third-order valence-electron chi connectivity index (χ3n) is 3.73. The highest BCUT2D eigenvalue weighted by molar-refractivity contribution is 5.93. The fraction of sp³-hybridized carbons (Fsp3) is 0.375. The molecule has 8 heteroatoms. The van der Waals surface area contributed by atoms with Gasteiger partial charge in [-0.05, 0) is 18.2 Å². The molecule has 1 aromatic carbocycles. The van der Waals surface area contributed by atoms with E-state index in [4.69, 9.17) is 0 Å². The first kappa shape index (κ1) is 18.0. The molecule has 1 aliphatic rings. The number of halogens is 3. The molecule has 0 unspecified atom stereocenters. The van der Waals surface area contributed by atoms with Gasteiger partial charge in [0.25, 0.3) is 0 Å². The quantitative estimate of drug-likeness (QED) is 0.852. The van der Waals surface area contributed by atoms with Crippen LogP contribution in [0.3, 0.4) is 0 Å². The zero-order valence-electron chi connectivity index (χ0n) is 13.0. The molecule has 1 fully saturated rings. The lowest BCUT2D eigenvalue weighted by Gasteiger charge is -2.33. The molecule has 1 N–H and O–H groups in total. The predicted molar refractivity (Wildman–Crippen MR) is 83.3 cm³/mol. The van der Waals surface area contributed by atoms with Crippen molar-refractivity contribution in [2.45, 2.75) is 6.18 Å². The van der Waals surface area contributed by atoms with Crippen LogP contribution in [0, 0.1) is 0 Å². The average Bonchev–Trinajstić information content (AvgIpc) is 2.54. The molecule has 1 heterocycles. The number of alkyl halides is 3. The minimum absolute atomic E-state index is 0.0255. The first-order valence-electron chi connectivity index (χ1n) is 7.41. The minimum Gasteiger partial charge on any atom is -0.337 e. The largest absolute Gasteiger partial charge is 0.418 e. The van der Waals surface area contributed by atoms with Crippen molar-refractivity contribution in [3.63, 3.8) is 0 Å². The molecule has 130 valence electrons. The van der Waals surface area contributed by atoms with Gasteiger partial charge in [0.05, 0.1) is 17.8 Å². The Kier molecular flexibility index (Phi) is 5.61. The Hall–Kier alpha value is -2.35. The van der Waals surface area contributed by atoms with E-state index in [0.29, 0.717) is 26.2 Å². The van der Waals surface area contributed by atoms with Crippen molar-refractivity contribution in [1.82, 2.24) is 9.80 Å². The summed E-state index contributed by atoms with van der Waals surface area (Å²) in [7, 11) is 0. The number of carbonyl (C=O) groups excluding carboxylic acids is 2. The number of nitrogens with one attached hydrogen (secondary N) is 1. The summed E-state index contributed by atoms with van der Waals surface area (Å²) in [6.45, 7) is 5.26. The highest BCUT2D eigenvalue weighted by atomic mass is 19.4. The Morgan fingerprint density at radius 3 is 2.38 bits per heavy atom. The standard InChI is InChI=1S/C16H18F3N3O2/c1-2-15(24)22-9-7-21(8-10-22)11-14(23)20-13-6-4-3-5-12(13)16(17,18)19/h2-6H,1,7-11H2,(H,20,23). The van der Waals surface area contributed by atoms with Crippen LogP contribution >= 0.6 is 0 Å². The van der Waals surface area contributed by atoms with Gasteiger partial charge in [0.1, 0.15) is 0 Å². The van der Waals surface area contributed by atoms with Crippen LogP contribution in [0.4, 0.5) is 18.9 Å². The molecule has 0 spiro atoms. The summed E-state index contributed by atoms with van der Waals surface area (Å²) < 4.78 is 38.7. The first-order valence-corrected chi connectivity index (χ1v) is 7.41. The van der Waals surface area contributed by atoms with Gasteiger partial charge in [0.15, 0.2) is 0 Å². The second-order valence-electron chi connectivity index (χ2n) is 5.40. The molecule has 0 aliphatic carbocycles. The van der Waals surface area contributed by atoms with Crippen LogP contribution in [0.15, 0.2) is 36.9 Å². The number of nitrogens with zero attached hydrogens (tertiary/aromatic N) is 2. The summed E-state index contributed by atoms with van der Waals surface area (Å²) >= 11 is 0. The molecule has 24 heavy (non-hydrogen) atoms. The van der Waals surface area contributed by atoms with Crippen molar-refractivity contribution >= 4 is 17.5 Å². The maximum atomic E-state index is 12.9. The van der Waals surface area contributed by atoms with Gasteiger partial charge in [-0.15, -0.1) is 0 Å². The number of piperazine rings is 1. The Bertz CT molecular complexity index is 623. The average molecular weight is 341 g/mol. The van der Waals surface area contributed by atoms with Crippen LogP contribution in [0.1, 0.15) is 5.56 Å². The summed E-state index contributed by atoms with van der Waals surface area (Å²) in [5.41, 5.74) is -1.13. The Morgan fingerprint density at radius 1 is 1.17 bits per heavy atom. The molecule has 1 saturated heterocycles. The summed E-state index contributed by atoms with van der Waals surface area (Å²) in [6, 6.07) is 4.86. The van der Waals surface area contributed by atoms with E-state index in [1.165, 1.54) is 24.3 Å². The number of benzene rings is 1. The maximum absolute atomic E-state index is 12.9. The Balaban J connectivity index is 1.91. The van der Waals surface area contributed by atoms with Gasteiger partial charge in [0, 0.05) is 26.2 Å². The SMILES string of the molecule is C=CC(=O)N1CCN(CC(=O)Nc2ccccc2C(F)(F)F)CC1. The molecule has 0 bridgehead atoms. The van der Waals surface area contributed by atoms with Gasteiger partial charge < -0.3 is 10.2 Å². The van der Waals surface area contributed by atoms with E-state index >= 15 is 0 Å². The smallest absolute Gasteiger partial charge is 0.337 e. The fourth-order valence-corrected chi connectivity index (χ4v) is 2.49. The van der Waals surface area contributed by atoms with E-state index in [-0.39, 0.29) is 18.1 Å².